The third-order valence-corrected chi connectivity index (χ3v) is 13.1. The van der Waals surface area contributed by atoms with E-state index in [0.29, 0.717) is 16.9 Å². The molecule has 16 heteroatoms. The highest BCUT2D eigenvalue weighted by Crippen LogP contribution is 2.36. The largest absolute Gasteiger partial charge is 0.457 e. The molecule has 2 aromatic heterocycles. The van der Waals surface area contributed by atoms with E-state index >= 15 is 0 Å². The van der Waals surface area contributed by atoms with Crippen LogP contribution in [-0.2, 0) is 9.59 Å². The first-order valence-corrected chi connectivity index (χ1v) is 21.7. The van der Waals surface area contributed by atoms with Gasteiger partial charge < -0.3 is 20.3 Å². The maximum absolute atomic E-state index is 13.2. The van der Waals surface area contributed by atoms with E-state index < -0.39 is 23.8 Å². The molecule has 0 radical (unpaired) electrons. The number of hydrogen-bond donors (Lipinski definition) is 2. The third-order valence-electron chi connectivity index (χ3n) is 12.0. The van der Waals surface area contributed by atoms with Gasteiger partial charge in [-0.3, -0.25) is 34.3 Å². The zero-order valence-corrected chi connectivity index (χ0v) is 34.2. The van der Waals surface area contributed by atoms with Gasteiger partial charge in [0, 0.05) is 69.2 Å². The van der Waals surface area contributed by atoms with E-state index in [-0.39, 0.29) is 24.8 Å². The Morgan fingerprint density at radius 1 is 0.750 bits per heavy atom. The minimum Gasteiger partial charge on any atom is -0.457 e. The van der Waals surface area contributed by atoms with Gasteiger partial charge in [-0.15, -0.1) is 11.8 Å². The second-order valence-corrected chi connectivity index (χ2v) is 17.0. The summed E-state index contributed by atoms with van der Waals surface area (Å²) in [7, 11) is 0. The van der Waals surface area contributed by atoms with Crippen LogP contribution in [0, 0.1) is 0 Å². The van der Waals surface area contributed by atoms with Crippen molar-refractivity contribution in [1.82, 2.24) is 44.7 Å². The van der Waals surface area contributed by atoms with E-state index in [4.69, 9.17) is 15.6 Å². The minimum atomic E-state index is -0.955. The average molecular weight is 829 g/mol. The second-order valence-electron chi connectivity index (χ2n) is 15.8. The molecule has 6 heterocycles. The number of rotatable bonds is 13. The van der Waals surface area contributed by atoms with Gasteiger partial charge in [0.05, 0.1) is 22.6 Å². The number of piperazine rings is 1. The number of nitrogen functional groups attached to an aromatic ring is 1. The molecule has 0 spiro atoms. The number of carbonyl (C=O) groups excluding carboxylic acids is 4. The van der Waals surface area contributed by atoms with Crippen molar-refractivity contribution in [3.63, 3.8) is 0 Å². The summed E-state index contributed by atoms with van der Waals surface area (Å²) in [6, 6.07) is 22.2. The fourth-order valence-electron chi connectivity index (χ4n) is 8.68. The summed E-state index contributed by atoms with van der Waals surface area (Å²) in [5, 5.41) is 8.13. The summed E-state index contributed by atoms with van der Waals surface area (Å²) in [4.78, 5) is 68.7. The topological polar surface area (TPSA) is 172 Å². The van der Waals surface area contributed by atoms with Crippen molar-refractivity contribution < 1.29 is 23.9 Å². The number of aromatic nitrogens is 4. The highest BCUT2D eigenvalue weighted by Gasteiger charge is 2.44. The zero-order chi connectivity index (χ0) is 41.2. The molecule has 310 valence electrons. The summed E-state index contributed by atoms with van der Waals surface area (Å²) >= 11 is 1.67. The van der Waals surface area contributed by atoms with Crippen molar-refractivity contribution in [3.8, 4) is 22.8 Å². The molecule has 0 bridgehead atoms. The lowest BCUT2D eigenvalue weighted by Crippen LogP contribution is -2.54. The number of thioether (sulfide) groups is 1. The summed E-state index contributed by atoms with van der Waals surface area (Å²) in [6.45, 7) is 9.29. The molecule has 3 saturated heterocycles. The molecule has 0 saturated carbocycles. The lowest BCUT2D eigenvalue weighted by molar-refractivity contribution is -0.136. The van der Waals surface area contributed by atoms with Gasteiger partial charge in [-0.05, 0) is 92.6 Å². The number of nitrogens with one attached hydrogen (secondary N) is 1. The first-order valence-electron chi connectivity index (χ1n) is 20.8. The number of imide groups is 2. The molecule has 60 heavy (non-hydrogen) atoms. The fraction of sp³-hybridized carbons (Fsp3) is 0.386. The number of fused-ring (bicyclic) bond motifs is 2. The van der Waals surface area contributed by atoms with Crippen LogP contribution in [0.2, 0.25) is 0 Å². The van der Waals surface area contributed by atoms with Gasteiger partial charge in [0.25, 0.3) is 11.8 Å². The van der Waals surface area contributed by atoms with Crippen molar-refractivity contribution in [2.24, 2.45) is 0 Å². The second kappa shape index (κ2) is 17.5. The number of nitrogens with zero attached hydrogens (tertiary/aromatic N) is 8. The van der Waals surface area contributed by atoms with Crippen molar-refractivity contribution in [2.45, 2.75) is 49.1 Å². The van der Waals surface area contributed by atoms with Gasteiger partial charge in [-0.2, -0.15) is 5.10 Å². The lowest BCUT2D eigenvalue weighted by atomic mass is 10.0. The Morgan fingerprint density at radius 3 is 2.17 bits per heavy atom. The van der Waals surface area contributed by atoms with Crippen LogP contribution in [0.15, 0.2) is 84.0 Å². The Hall–Kier alpha value is -5.68. The first kappa shape index (κ1) is 39.8. The van der Waals surface area contributed by atoms with E-state index in [9.17, 15) is 19.2 Å². The quantitative estimate of drug-likeness (QED) is 0.0952. The van der Waals surface area contributed by atoms with E-state index in [0.717, 1.165) is 128 Å². The average Bonchev–Trinajstić information content (AvgIpc) is 3.78. The number of anilines is 1. The Bertz CT molecular complexity index is 2390. The SMILES string of the molecule is Nc1ncnc2c1c(-c1ccc(Oc3ccccc3)cc1)nn2C1CCN(CCN2CCN(CCCSc3ccc4c(c3)C(=O)N(C3CCC(=O)NC3=O)C4=O)CC2)CC1. The maximum Gasteiger partial charge on any atom is 0.262 e. The summed E-state index contributed by atoms with van der Waals surface area (Å²) in [5.74, 6) is 0.922. The van der Waals surface area contributed by atoms with E-state index in [2.05, 4.69) is 34.7 Å². The van der Waals surface area contributed by atoms with Crippen LogP contribution in [0.25, 0.3) is 22.3 Å². The van der Waals surface area contributed by atoms with Crippen LogP contribution in [-0.4, -0.2) is 134 Å². The summed E-state index contributed by atoms with van der Waals surface area (Å²) in [5.41, 5.74) is 9.56. The van der Waals surface area contributed by atoms with Crippen molar-refractivity contribution >= 4 is 52.2 Å². The smallest absolute Gasteiger partial charge is 0.262 e. The molecule has 3 N–H and O–H groups in total. The molecule has 4 aliphatic rings. The molecule has 1 unspecified atom stereocenters. The summed E-state index contributed by atoms with van der Waals surface area (Å²) < 4.78 is 8.07. The third kappa shape index (κ3) is 8.37. The predicted molar refractivity (Wildman–Crippen MR) is 228 cm³/mol. The highest BCUT2D eigenvalue weighted by atomic mass is 32.2. The van der Waals surface area contributed by atoms with E-state index in [1.807, 2.05) is 60.7 Å². The monoisotopic (exact) mass is 828 g/mol. The number of likely N-dealkylation sites (tertiary alicyclic amines) is 1. The molecule has 4 amide bonds. The van der Waals surface area contributed by atoms with Crippen molar-refractivity contribution in [1.29, 1.82) is 0 Å². The fourth-order valence-corrected chi connectivity index (χ4v) is 9.56. The van der Waals surface area contributed by atoms with Crippen LogP contribution in [0.4, 0.5) is 5.82 Å². The van der Waals surface area contributed by atoms with Gasteiger partial charge in [0.2, 0.25) is 11.8 Å². The number of ether oxygens (including phenoxy) is 1. The van der Waals surface area contributed by atoms with Gasteiger partial charge in [0.15, 0.2) is 5.65 Å². The number of hydrogen-bond acceptors (Lipinski definition) is 13. The lowest BCUT2D eigenvalue weighted by Gasteiger charge is -2.37. The standard InChI is InChI=1S/C44H48N10O5S/c45-40-38-39(29-7-9-32(10-8-29)59-31-5-2-1-3-6-31)49-54(41(38)47-28-46-40)30-15-18-51(19-16-30)22-25-52-23-20-50(21-24-52)17-4-26-60-33-11-12-34-35(27-33)44(58)53(43(34)57)36-13-14-37(55)48-42(36)56/h1-3,5-12,27-28,30,36H,4,13-26H2,(H2,45,46,47)(H,48,55,56). The zero-order valence-electron chi connectivity index (χ0n) is 33.4. The van der Waals surface area contributed by atoms with Crippen LogP contribution >= 0.6 is 11.8 Å². The Balaban J connectivity index is 0.705. The van der Waals surface area contributed by atoms with Gasteiger partial charge >= 0.3 is 0 Å². The van der Waals surface area contributed by atoms with Crippen LogP contribution in [0.5, 0.6) is 11.5 Å². The van der Waals surface area contributed by atoms with Gasteiger partial charge in [0.1, 0.15) is 35.4 Å². The van der Waals surface area contributed by atoms with E-state index in [1.54, 1.807) is 23.9 Å². The van der Waals surface area contributed by atoms with Gasteiger partial charge in [-0.25, -0.2) is 14.6 Å². The molecular formula is C44H48N10O5S. The molecule has 5 aromatic rings. The number of amides is 4. The number of piperidine rings is 2. The number of carbonyl (C=O) groups is 4. The Labute approximate surface area is 352 Å². The maximum atomic E-state index is 13.2. The Kier molecular flexibility index (Phi) is 11.6. The first-order chi connectivity index (χ1) is 29.3. The number of para-hydroxylation sites is 1. The molecule has 3 aromatic carbocycles. The van der Waals surface area contributed by atoms with Crippen LogP contribution < -0.4 is 15.8 Å². The van der Waals surface area contributed by atoms with Crippen LogP contribution in [0.3, 0.4) is 0 Å². The van der Waals surface area contributed by atoms with Crippen LogP contribution in [0.1, 0.15) is 58.9 Å². The summed E-state index contributed by atoms with van der Waals surface area (Å²) in [6.07, 6.45) is 4.75. The minimum absolute atomic E-state index is 0.103. The molecule has 3 fully saturated rings. The normalized spacial score (nSPS) is 19.6. The number of benzene rings is 3. The predicted octanol–water partition coefficient (Wildman–Crippen LogP) is 4.71. The highest BCUT2D eigenvalue weighted by molar-refractivity contribution is 7.99. The number of nitrogens with two attached hydrogens (primary N) is 1. The van der Waals surface area contributed by atoms with Gasteiger partial charge in [-0.1, -0.05) is 18.2 Å². The molecule has 9 rings (SSSR count). The molecular weight excluding hydrogens is 781 g/mol. The Morgan fingerprint density at radius 2 is 1.43 bits per heavy atom. The van der Waals surface area contributed by atoms with Crippen molar-refractivity contribution in [2.75, 3.05) is 70.4 Å². The molecule has 0 aliphatic carbocycles. The van der Waals surface area contributed by atoms with Crippen molar-refractivity contribution in [3.05, 3.63) is 90.3 Å². The molecule has 1 atom stereocenters. The molecule has 15 nitrogen and oxygen atoms in total. The van der Waals surface area contributed by atoms with E-state index in [1.165, 1.54) is 6.33 Å². The molecule has 4 aliphatic heterocycles.